The first kappa shape index (κ1) is 22.3. The number of hydrogen-bond acceptors (Lipinski definition) is 8. The molecule has 1 aliphatic rings. The van der Waals surface area contributed by atoms with Crippen LogP contribution in [0.3, 0.4) is 0 Å². The van der Waals surface area contributed by atoms with Crippen LogP contribution in [-0.2, 0) is 19.7 Å². The minimum absolute atomic E-state index is 0.0124. The van der Waals surface area contributed by atoms with Crippen LogP contribution in [0.5, 0.6) is 11.5 Å². The highest BCUT2D eigenvalue weighted by Gasteiger charge is 2.29. The maximum absolute atomic E-state index is 14.1. The van der Waals surface area contributed by atoms with Crippen LogP contribution in [-0.4, -0.2) is 49.1 Å². The molecular weight excluding hydrogens is 468 g/mol. The van der Waals surface area contributed by atoms with E-state index in [1.807, 2.05) is 0 Å². The molecule has 0 radical (unpaired) electrons. The number of benzene rings is 1. The second-order valence-electron chi connectivity index (χ2n) is 7.45. The van der Waals surface area contributed by atoms with E-state index in [0.717, 1.165) is 23.0 Å². The smallest absolute Gasteiger partial charge is 0.295 e. The van der Waals surface area contributed by atoms with E-state index in [-0.39, 0.29) is 41.1 Å². The van der Waals surface area contributed by atoms with Gasteiger partial charge in [0.05, 0.1) is 11.5 Å². The van der Waals surface area contributed by atoms with Crippen molar-refractivity contribution in [1.29, 1.82) is 0 Å². The van der Waals surface area contributed by atoms with Gasteiger partial charge in [0.2, 0.25) is 15.0 Å². The van der Waals surface area contributed by atoms with Crippen LogP contribution in [0.15, 0.2) is 40.4 Å². The summed E-state index contributed by atoms with van der Waals surface area (Å²) in [6, 6.07) is 3.20. The molecule has 0 saturated carbocycles. The molecule has 9 nitrogen and oxygen atoms in total. The van der Waals surface area contributed by atoms with Crippen LogP contribution < -0.4 is 10.3 Å². The average molecular weight is 485 g/mol. The number of fused-ring (bicyclic) bond motifs is 1. The van der Waals surface area contributed by atoms with Gasteiger partial charge in [0.25, 0.3) is 5.56 Å². The van der Waals surface area contributed by atoms with Gasteiger partial charge in [-0.25, -0.2) is 30.6 Å². The quantitative estimate of drug-likeness (QED) is 0.514. The third kappa shape index (κ3) is 4.35. The van der Waals surface area contributed by atoms with Crippen molar-refractivity contribution in [3.05, 3.63) is 52.5 Å². The molecule has 0 atom stereocenters. The summed E-state index contributed by atoms with van der Waals surface area (Å²) in [5.41, 5.74) is -0.773. The van der Waals surface area contributed by atoms with Crippen molar-refractivity contribution < 1.29 is 30.4 Å². The molecule has 1 aromatic carbocycles. The highest BCUT2D eigenvalue weighted by molar-refractivity contribution is 7.91. The first-order chi connectivity index (χ1) is 14.9. The number of ether oxygens (including phenoxy) is 1. The maximum Gasteiger partial charge on any atom is 0.295 e. The second-order valence-corrected chi connectivity index (χ2v) is 11.7. The van der Waals surface area contributed by atoms with Gasteiger partial charge in [-0.2, -0.15) is 4.98 Å². The SMILES string of the molecule is CS(=O)(=O)c1ncc2cc(Oc3ccc(F)cc3F)c(=O)n(C3CCS(=O)(=O)CC3)c2n1. The molecule has 13 heteroatoms. The van der Waals surface area contributed by atoms with E-state index < -0.39 is 53.8 Å². The largest absolute Gasteiger partial charge is 0.448 e. The predicted octanol–water partition coefficient (Wildman–Crippen LogP) is 2.02. The fourth-order valence-electron chi connectivity index (χ4n) is 3.48. The van der Waals surface area contributed by atoms with Gasteiger partial charge in [-0.05, 0) is 31.0 Å². The van der Waals surface area contributed by atoms with Crippen molar-refractivity contribution in [2.45, 2.75) is 24.0 Å². The minimum Gasteiger partial charge on any atom is -0.448 e. The molecule has 4 rings (SSSR count). The fraction of sp³-hybridized carbons (Fsp3) is 0.316. The molecule has 2 aromatic heterocycles. The summed E-state index contributed by atoms with van der Waals surface area (Å²) < 4.78 is 81.4. The Morgan fingerprint density at radius 2 is 1.81 bits per heavy atom. The summed E-state index contributed by atoms with van der Waals surface area (Å²) in [6.07, 6.45) is 2.30. The number of halogens is 2. The predicted molar refractivity (Wildman–Crippen MR) is 110 cm³/mol. The monoisotopic (exact) mass is 485 g/mol. The van der Waals surface area contributed by atoms with Gasteiger partial charge in [0.1, 0.15) is 21.3 Å². The van der Waals surface area contributed by atoms with Gasteiger partial charge in [0.15, 0.2) is 17.3 Å². The normalized spacial score (nSPS) is 16.8. The van der Waals surface area contributed by atoms with Crippen molar-refractivity contribution in [2.75, 3.05) is 17.8 Å². The molecule has 3 heterocycles. The highest BCUT2D eigenvalue weighted by atomic mass is 32.2. The van der Waals surface area contributed by atoms with Crippen LogP contribution >= 0.6 is 0 Å². The van der Waals surface area contributed by atoms with Crippen molar-refractivity contribution in [1.82, 2.24) is 14.5 Å². The first-order valence-corrected chi connectivity index (χ1v) is 13.1. The van der Waals surface area contributed by atoms with E-state index in [1.165, 1.54) is 12.3 Å². The second kappa shape index (κ2) is 7.89. The highest BCUT2D eigenvalue weighted by Crippen LogP contribution is 2.29. The average Bonchev–Trinajstić information content (AvgIpc) is 2.70. The Morgan fingerprint density at radius 3 is 2.44 bits per heavy atom. The van der Waals surface area contributed by atoms with Crippen LogP contribution in [0.1, 0.15) is 18.9 Å². The Bertz CT molecular complexity index is 1490. The third-order valence-electron chi connectivity index (χ3n) is 5.05. The number of rotatable bonds is 4. The molecule has 1 aliphatic heterocycles. The molecule has 3 aromatic rings. The number of nitrogens with zero attached hydrogens (tertiary/aromatic N) is 3. The fourth-order valence-corrected chi connectivity index (χ4v) is 5.44. The minimum atomic E-state index is -3.79. The lowest BCUT2D eigenvalue weighted by atomic mass is 10.1. The number of aromatic nitrogens is 3. The van der Waals surface area contributed by atoms with Crippen molar-refractivity contribution >= 4 is 30.7 Å². The molecule has 0 spiro atoms. The van der Waals surface area contributed by atoms with E-state index in [1.54, 1.807) is 0 Å². The third-order valence-corrected chi connectivity index (χ3v) is 7.63. The zero-order valence-electron chi connectivity index (χ0n) is 16.7. The standard InChI is InChI=1S/C19H17F2N3O6S2/c1-31(26,27)19-22-10-11-8-16(30-15-3-2-12(20)9-14(15)21)18(25)24(17(11)23-19)13-4-6-32(28,29)7-5-13/h2-3,8-10,13H,4-7H2,1H3. The molecule has 0 N–H and O–H groups in total. The molecule has 1 fully saturated rings. The van der Waals surface area contributed by atoms with E-state index >= 15 is 0 Å². The molecular formula is C19H17F2N3O6S2. The van der Waals surface area contributed by atoms with Gasteiger partial charge >= 0.3 is 0 Å². The number of pyridine rings is 1. The van der Waals surface area contributed by atoms with Gasteiger partial charge in [-0.1, -0.05) is 0 Å². The van der Waals surface area contributed by atoms with Crippen molar-refractivity contribution in [2.24, 2.45) is 0 Å². The molecule has 0 amide bonds. The molecule has 0 bridgehead atoms. The van der Waals surface area contributed by atoms with E-state index in [4.69, 9.17) is 4.74 Å². The Morgan fingerprint density at radius 1 is 1.12 bits per heavy atom. The zero-order valence-corrected chi connectivity index (χ0v) is 18.3. The van der Waals surface area contributed by atoms with Crippen molar-refractivity contribution in [3.63, 3.8) is 0 Å². The Kier molecular flexibility index (Phi) is 5.49. The lowest BCUT2D eigenvalue weighted by Crippen LogP contribution is -2.33. The summed E-state index contributed by atoms with van der Waals surface area (Å²) in [5.74, 6) is -2.89. The van der Waals surface area contributed by atoms with Gasteiger partial charge < -0.3 is 4.74 Å². The lowest BCUT2D eigenvalue weighted by Gasteiger charge is -2.25. The number of hydrogen-bond donors (Lipinski definition) is 0. The number of sulfone groups is 2. The summed E-state index contributed by atoms with van der Waals surface area (Å²) in [5, 5.41) is -0.275. The van der Waals surface area contributed by atoms with Gasteiger partial charge in [-0.15, -0.1) is 0 Å². The molecule has 170 valence electrons. The van der Waals surface area contributed by atoms with Gasteiger partial charge in [0, 0.05) is 29.9 Å². The topological polar surface area (TPSA) is 125 Å². The summed E-state index contributed by atoms with van der Waals surface area (Å²) in [6.45, 7) is 0. The lowest BCUT2D eigenvalue weighted by molar-refractivity contribution is 0.408. The van der Waals surface area contributed by atoms with E-state index in [2.05, 4.69) is 9.97 Å². The van der Waals surface area contributed by atoms with Crippen LogP contribution in [0, 0.1) is 11.6 Å². The first-order valence-electron chi connectivity index (χ1n) is 9.40. The van der Waals surface area contributed by atoms with Crippen LogP contribution in [0.25, 0.3) is 11.0 Å². The van der Waals surface area contributed by atoms with Gasteiger partial charge in [-0.3, -0.25) is 9.36 Å². The maximum atomic E-state index is 14.1. The van der Waals surface area contributed by atoms with Crippen LogP contribution in [0.4, 0.5) is 8.78 Å². The Balaban J connectivity index is 1.91. The summed E-state index contributed by atoms with van der Waals surface area (Å²) in [4.78, 5) is 21.1. The Hall–Kier alpha value is -2.93. The molecule has 0 aliphatic carbocycles. The Labute approximate surface area is 181 Å². The van der Waals surface area contributed by atoms with E-state index in [0.29, 0.717) is 6.07 Å². The van der Waals surface area contributed by atoms with Crippen LogP contribution in [0.2, 0.25) is 0 Å². The van der Waals surface area contributed by atoms with Crippen molar-refractivity contribution in [3.8, 4) is 11.5 Å². The zero-order chi connectivity index (χ0) is 23.3. The molecule has 1 saturated heterocycles. The molecule has 32 heavy (non-hydrogen) atoms. The van der Waals surface area contributed by atoms with E-state index in [9.17, 15) is 30.4 Å². The summed E-state index contributed by atoms with van der Waals surface area (Å²) in [7, 11) is -7.04. The summed E-state index contributed by atoms with van der Waals surface area (Å²) >= 11 is 0. The molecule has 0 unspecified atom stereocenters.